The lowest BCUT2D eigenvalue weighted by molar-refractivity contribution is -0.384. The van der Waals surface area contributed by atoms with Gasteiger partial charge in [-0.3, -0.25) is 15.5 Å². The molecule has 2 aromatic carbocycles. The van der Waals surface area contributed by atoms with Crippen LogP contribution < -0.4 is 5.43 Å². The fourth-order valence-electron chi connectivity index (χ4n) is 2.67. The Bertz CT molecular complexity index is 708. The molecule has 0 aliphatic heterocycles. The van der Waals surface area contributed by atoms with Crippen LogP contribution in [0.3, 0.4) is 0 Å². The van der Waals surface area contributed by atoms with Crippen LogP contribution in [0.2, 0.25) is 0 Å². The second kappa shape index (κ2) is 6.39. The quantitative estimate of drug-likeness (QED) is 0.525. The summed E-state index contributed by atoms with van der Waals surface area (Å²) < 4.78 is 0. The number of nitrogens with one attached hydrogen (secondary N) is 1. The molecule has 1 aliphatic rings. The van der Waals surface area contributed by atoms with Gasteiger partial charge in [-0.2, -0.15) is 5.10 Å². The maximum absolute atomic E-state index is 10.7. The molecule has 2 aromatic rings. The SMILES string of the molecule is O=[N+]([O-])c1ccc(NN=C2CCCCc3ccccc32)cc1. The topological polar surface area (TPSA) is 67.5 Å². The van der Waals surface area contributed by atoms with Gasteiger partial charge in [0, 0.05) is 17.7 Å². The van der Waals surface area contributed by atoms with E-state index in [2.05, 4.69) is 28.7 Å². The van der Waals surface area contributed by atoms with Crippen molar-refractivity contribution < 1.29 is 4.92 Å². The van der Waals surface area contributed by atoms with Gasteiger partial charge >= 0.3 is 0 Å². The second-order valence-corrected chi connectivity index (χ2v) is 5.34. The number of nitro groups is 1. The highest BCUT2D eigenvalue weighted by molar-refractivity contribution is 6.02. The average molecular weight is 295 g/mol. The molecule has 1 N–H and O–H groups in total. The molecule has 0 amide bonds. The van der Waals surface area contributed by atoms with Crippen LogP contribution in [0.4, 0.5) is 11.4 Å². The highest BCUT2D eigenvalue weighted by Gasteiger charge is 2.13. The van der Waals surface area contributed by atoms with Gasteiger partial charge in [0.1, 0.15) is 0 Å². The lowest BCUT2D eigenvalue weighted by Crippen LogP contribution is -2.05. The summed E-state index contributed by atoms with van der Waals surface area (Å²) >= 11 is 0. The van der Waals surface area contributed by atoms with Gasteiger partial charge in [-0.1, -0.05) is 24.3 Å². The Morgan fingerprint density at radius 3 is 2.50 bits per heavy atom. The molecule has 22 heavy (non-hydrogen) atoms. The highest BCUT2D eigenvalue weighted by atomic mass is 16.6. The zero-order valence-electron chi connectivity index (χ0n) is 12.2. The Balaban J connectivity index is 1.81. The molecule has 0 atom stereocenters. The van der Waals surface area contributed by atoms with E-state index >= 15 is 0 Å². The van der Waals surface area contributed by atoms with Gasteiger partial charge in [-0.25, -0.2) is 0 Å². The number of aryl methyl sites for hydroxylation is 1. The summed E-state index contributed by atoms with van der Waals surface area (Å²) in [6.45, 7) is 0. The smallest absolute Gasteiger partial charge is 0.269 e. The first-order chi connectivity index (χ1) is 10.7. The minimum absolute atomic E-state index is 0.0815. The Kier molecular flexibility index (Phi) is 4.14. The first-order valence-corrected chi connectivity index (χ1v) is 7.39. The molecule has 112 valence electrons. The van der Waals surface area contributed by atoms with Crippen LogP contribution in [-0.4, -0.2) is 10.6 Å². The van der Waals surface area contributed by atoms with Gasteiger partial charge in [0.05, 0.1) is 16.3 Å². The van der Waals surface area contributed by atoms with Crippen LogP contribution in [0.5, 0.6) is 0 Å². The summed E-state index contributed by atoms with van der Waals surface area (Å²) in [6, 6.07) is 14.7. The van der Waals surface area contributed by atoms with E-state index in [0.29, 0.717) is 0 Å². The number of hydrazone groups is 1. The third kappa shape index (κ3) is 3.14. The molecule has 0 radical (unpaired) electrons. The van der Waals surface area contributed by atoms with Crippen molar-refractivity contribution in [3.05, 3.63) is 69.8 Å². The zero-order chi connectivity index (χ0) is 15.4. The molecule has 0 bridgehead atoms. The summed E-state index contributed by atoms with van der Waals surface area (Å²) in [5, 5.41) is 15.2. The lowest BCUT2D eigenvalue weighted by Gasteiger charge is -2.08. The molecule has 0 aromatic heterocycles. The maximum atomic E-state index is 10.7. The second-order valence-electron chi connectivity index (χ2n) is 5.34. The van der Waals surface area contributed by atoms with Crippen LogP contribution in [0.1, 0.15) is 30.4 Å². The summed E-state index contributed by atoms with van der Waals surface area (Å²) in [7, 11) is 0. The number of nitro benzene ring substituents is 1. The van der Waals surface area contributed by atoms with E-state index in [9.17, 15) is 10.1 Å². The number of hydrogen-bond donors (Lipinski definition) is 1. The maximum Gasteiger partial charge on any atom is 0.269 e. The van der Waals surface area contributed by atoms with Crippen molar-refractivity contribution in [1.82, 2.24) is 0 Å². The van der Waals surface area contributed by atoms with Crippen LogP contribution in [0, 0.1) is 10.1 Å². The summed E-state index contributed by atoms with van der Waals surface area (Å²) in [5.41, 5.74) is 7.43. The van der Waals surface area contributed by atoms with E-state index in [1.165, 1.54) is 29.7 Å². The van der Waals surface area contributed by atoms with E-state index in [1.54, 1.807) is 12.1 Å². The van der Waals surface area contributed by atoms with E-state index in [-0.39, 0.29) is 5.69 Å². The molecule has 3 rings (SSSR count). The van der Waals surface area contributed by atoms with Crippen molar-refractivity contribution in [2.24, 2.45) is 5.10 Å². The molecule has 0 unspecified atom stereocenters. The monoisotopic (exact) mass is 295 g/mol. The van der Waals surface area contributed by atoms with Gasteiger partial charge in [-0.05, 0) is 43.4 Å². The van der Waals surface area contributed by atoms with Gasteiger partial charge in [-0.15, -0.1) is 0 Å². The molecule has 5 heteroatoms. The Morgan fingerprint density at radius 1 is 1.00 bits per heavy atom. The van der Waals surface area contributed by atoms with Gasteiger partial charge in [0.15, 0.2) is 0 Å². The van der Waals surface area contributed by atoms with Crippen LogP contribution >= 0.6 is 0 Å². The number of hydrogen-bond acceptors (Lipinski definition) is 4. The zero-order valence-corrected chi connectivity index (χ0v) is 12.2. The first-order valence-electron chi connectivity index (χ1n) is 7.39. The summed E-state index contributed by atoms with van der Waals surface area (Å²) in [4.78, 5) is 10.2. The highest BCUT2D eigenvalue weighted by Crippen LogP contribution is 2.22. The first kappa shape index (κ1) is 14.3. The van der Waals surface area contributed by atoms with Crippen LogP contribution in [0.25, 0.3) is 0 Å². The lowest BCUT2D eigenvalue weighted by atomic mass is 10.0. The number of anilines is 1. The van der Waals surface area contributed by atoms with Crippen molar-refractivity contribution in [1.29, 1.82) is 0 Å². The Hall–Kier alpha value is -2.69. The molecule has 0 heterocycles. The van der Waals surface area contributed by atoms with E-state index < -0.39 is 4.92 Å². The van der Waals surface area contributed by atoms with Crippen molar-refractivity contribution in [2.75, 3.05) is 5.43 Å². The summed E-state index contributed by atoms with van der Waals surface area (Å²) in [6.07, 6.45) is 4.33. The average Bonchev–Trinajstić information content (AvgIpc) is 2.75. The van der Waals surface area contributed by atoms with E-state index in [0.717, 1.165) is 30.7 Å². The fourth-order valence-corrected chi connectivity index (χ4v) is 2.67. The van der Waals surface area contributed by atoms with Gasteiger partial charge < -0.3 is 0 Å². The van der Waals surface area contributed by atoms with E-state index in [4.69, 9.17) is 0 Å². The molecule has 0 spiro atoms. The van der Waals surface area contributed by atoms with Crippen molar-refractivity contribution >= 4 is 17.1 Å². The predicted octanol–water partition coefficient (Wildman–Crippen LogP) is 4.14. The molecule has 0 saturated heterocycles. The minimum Gasteiger partial charge on any atom is -0.278 e. The predicted molar refractivity (Wildman–Crippen MR) is 87.3 cm³/mol. The fraction of sp³-hybridized carbons (Fsp3) is 0.235. The van der Waals surface area contributed by atoms with Gasteiger partial charge in [0.25, 0.3) is 5.69 Å². The van der Waals surface area contributed by atoms with Gasteiger partial charge in [0.2, 0.25) is 0 Å². The molecule has 0 fully saturated rings. The third-order valence-electron chi connectivity index (χ3n) is 3.84. The Morgan fingerprint density at radius 2 is 1.73 bits per heavy atom. The Labute approximate surface area is 128 Å². The van der Waals surface area contributed by atoms with Crippen LogP contribution in [0.15, 0.2) is 53.6 Å². The molecular formula is C17H17N3O2. The number of rotatable bonds is 3. The molecule has 1 aliphatic carbocycles. The molecule has 0 saturated carbocycles. The molecule has 5 nitrogen and oxygen atoms in total. The number of fused-ring (bicyclic) bond motifs is 1. The van der Waals surface area contributed by atoms with Crippen molar-refractivity contribution in [2.45, 2.75) is 25.7 Å². The van der Waals surface area contributed by atoms with Crippen molar-refractivity contribution in [3.63, 3.8) is 0 Å². The minimum atomic E-state index is -0.406. The standard InChI is InChI=1S/C17H17N3O2/c21-20(22)15-11-9-14(10-12-15)18-19-17-8-4-2-6-13-5-1-3-7-16(13)17/h1,3,5,7,9-12,18H,2,4,6,8H2. The number of nitrogens with zero attached hydrogens (tertiary/aromatic N) is 2. The molecular weight excluding hydrogens is 278 g/mol. The normalized spacial score (nSPS) is 15.9. The number of non-ortho nitro benzene ring substituents is 1. The van der Waals surface area contributed by atoms with Crippen molar-refractivity contribution in [3.8, 4) is 0 Å². The van der Waals surface area contributed by atoms with Crippen LogP contribution in [-0.2, 0) is 6.42 Å². The largest absolute Gasteiger partial charge is 0.278 e. The number of benzene rings is 2. The third-order valence-corrected chi connectivity index (χ3v) is 3.84. The summed E-state index contributed by atoms with van der Waals surface area (Å²) in [5.74, 6) is 0. The van der Waals surface area contributed by atoms with E-state index in [1.807, 2.05) is 6.07 Å².